The molecule has 0 aliphatic carbocycles. The van der Waals surface area contributed by atoms with Crippen LogP contribution >= 0.6 is 11.3 Å². The summed E-state index contributed by atoms with van der Waals surface area (Å²) in [5, 5.41) is 18.3. The molecule has 4 nitrogen and oxygen atoms in total. The van der Waals surface area contributed by atoms with Crippen LogP contribution in [0.3, 0.4) is 0 Å². The molecule has 1 aromatic rings. The van der Waals surface area contributed by atoms with Crippen molar-refractivity contribution in [1.82, 2.24) is 0 Å². The van der Waals surface area contributed by atoms with E-state index in [1.807, 2.05) is 0 Å². The van der Waals surface area contributed by atoms with Crippen molar-refractivity contribution in [3.8, 4) is 0 Å². The van der Waals surface area contributed by atoms with E-state index in [1.54, 1.807) is 0 Å². The van der Waals surface area contributed by atoms with Gasteiger partial charge in [-0.15, -0.1) is 11.3 Å². The Balaban J connectivity index is 0.00000121. The van der Waals surface area contributed by atoms with Crippen LogP contribution < -0.4 is 0 Å². The first kappa shape index (κ1) is 12.3. The van der Waals surface area contributed by atoms with Crippen molar-refractivity contribution < 1.29 is 19.8 Å². The summed E-state index contributed by atoms with van der Waals surface area (Å²) in [4.78, 5) is 20.5. The van der Waals surface area contributed by atoms with Crippen molar-refractivity contribution in [3.63, 3.8) is 0 Å². The molecule has 6 heteroatoms. The molecule has 2 N–H and O–H groups in total. The number of hydrogen-bond acceptors (Lipinski definition) is 3. The van der Waals surface area contributed by atoms with Gasteiger partial charge < -0.3 is 10.2 Å². The average Bonchev–Trinajstić information content (AvgIpc) is 2.32. The van der Waals surface area contributed by atoms with Gasteiger partial charge in [0.1, 0.15) is 4.88 Å². The van der Waals surface area contributed by atoms with Gasteiger partial charge in [-0.25, -0.2) is 9.59 Å². The van der Waals surface area contributed by atoms with Gasteiger partial charge in [0.15, 0.2) is 0 Å². The molecule has 0 aliphatic rings. The zero-order chi connectivity index (χ0) is 8.43. The molecule has 0 saturated heterocycles. The monoisotopic (exact) mass is 212 g/mol. The quantitative estimate of drug-likeness (QED) is 0.700. The van der Waals surface area contributed by atoms with Crippen LogP contribution in [0.5, 0.6) is 0 Å². The van der Waals surface area contributed by atoms with Gasteiger partial charge in [0, 0.05) is 0 Å². The van der Waals surface area contributed by atoms with E-state index in [2.05, 4.69) is 0 Å². The van der Waals surface area contributed by atoms with E-state index in [-0.39, 0.29) is 61.8 Å². The Morgan fingerprint density at radius 1 is 1.25 bits per heavy atom. The van der Waals surface area contributed by atoms with Gasteiger partial charge in [0.05, 0.1) is 5.56 Å². The number of carboxylic acids is 2. The Morgan fingerprint density at radius 2 is 1.83 bits per heavy atom. The third-order valence-electron chi connectivity index (χ3n) is 1.09. The van der Waals surface area contributed by atoms with Crippen molar-refractivity contribution in [2.24, 2.45) is 0 Å². The normalized spacial score (nSPS) is 8.67. The van der Waals surface area contributed by atoms with Crippen LogP contribution in [-0.4, -0.2) is 73.5 Å². The van der Waals surface area contributed by atoms with Crippen molar-refractivity contribution in [1.29, 1.82) is 0 Å². The van der Waals surface area contributed by atoms with Gasteiger partial charge in [0.2, 0.25) is 0 Å². The van der Waals surface area contributed by atoms with Crippen LogP contribution in [-0.2, 0) is 0 Å². The second-order valence-electron chi connectivity index (χ2n) is 1.77. The number of hydrogen-bond donors (Lipinski definition) is 2. The van der Waals surface area contributed by atoms with E-state index in [0.29, 0.717) is 0 Å². The van der Waals surface area contributed by atoms with E-state index >= 15 is 0 Å². The van der Waals surface area contributed by atoms with Crippen LogP contribution in [0.25, 0.3) is 0 Å². The molecule has 0 unspecified atom stereocenters. The Labute approximate surface area is 115 Å². The Bertz CT molecular complexity index is 278. The standard InChI is InChI=1S/C6H4O4S.K.H/c7-5(8)3-1-2-11-4(3)6(9)10;;/h1-2H,(H,7,8)(H,9,10);;. The molecule has 0 radical (unpaired) electrons. The second kappa shape index (κ2) is 5.10. The summed E-state index contributed by atoms with van der Waals surface area (Å²) in [5.41, 5.74) is -0.150. The Kier molecular flexibility index (Phi) is 5.22. The number of aromatic carboxylic acids is 2. The first-order chi connectivity index (χ1) is 5.13. The van der Waals surface area contributed by atoms with Gasteiger partial charge in [0.25, 0.3) is 0 Å². The number of rotatable bonds is 2. The second-order valence-corrected chi connectivity index (χ2v) is 2.69. The molecule has 0 aromatic carbocycles. The van der Waals surface area contributed by atoms with Crippen LogP contribution in [0.1, 0.15) is 20.0 Å². The topological polar surface area (TPSA) is 74.6 Å². The average molecular weight is 212 g/mol. The molecule has 0 bridgehead atoms. The molecule has 12 heavy (non-hydrogen) atoms. The first-order valence-electron chi connectivity index (χ1n) is 2.67. The predicted octanol–water partition coefficient (Wildman–Crippen LogP) is 0.496. The van der Waals surface area contributed by atoms with Crippen molar-refractivity contribution >= 4 is 74.7 Å². The van der Waals surface area contributed by atoms with Gasteiger partial charge in [-0.3, -0.25) is 0 Å². The molecular formula is C6H5KO4S. The molecule has 1 heterocycles. The fraction of sp³-hybridized carbons (Fsp3) is 0. The first-order valence-corrected chi connectivity index (χ1v) is 3.55. The van der Waals surface area contributed by atoms with Gasteiger partial charge in [-0.05, 0) is 11.4 Å². The molecule has 0 spiro atoms. The third kappa shape index (κ3) is 2.65. The van der Waals surface area contributed by atoms with Crippen molar-refractivity contribution in [2.75, 3.05) is 0 Å². The van der Waals surface area contributed by atoms with E-state index in [1.165, 1.54) is 11.4 Å². The van der Waals surface area contributed by atoms with Crippen molar-refractivity contribution in [3.05, 3.63) is 21.9 Å². The van der Waals surface area contributed by atoms with Gasteiger partial charge >= 0.3 is 63.3 Å². The molecule has 60 valence electrons. The molecular weight excluding hydrogens is 207 g/mol. The molecule has 0 fully saturated rings. The minimum absolute atomic E-state index is 0. The maximum absolute atomic E-state index is 10.3. The summed E-state index contributed by atoms with van der Waals surface area (Å²) >= 11 is 0.906. The third-order valence-corrected chi connectivity index (χ3v) is 1.99. The van der Waals surface area contributed by atoms with Gasteiger partial charge in [-0.2, -0.15) is 0 Å². The molecule has 1 rings (SSSR count). The summed E-state index contributed by atoms with van der Waals surface area (Å²) in [5.74, 6) is -2.40. The van der Waals surface area contributed by atoms with Crippen LogP contribution in [0.4, 0.5) is 0 Å². The van der Waals surface area contributed by atoms with E-state index in [0.717, 1.165) is 11.3 Å². The summed E-state index contributed by atoms with van der Waals surface area (Å²) in [7, 11) is 0. The molecule has 1 aromatic heterocycles. The number of carbonyl (C=O) groups is 2. The van der Waals surface area contributed by atoms with Crippen LogP contribution in [0.2, 0.25) is 0 Å². The predicted molar refractivity (Wildman–Crippen MR) is 45.4 cm³/mol. The Hall–Kier alpha value is 0.276. The van der Waals surface area contributed by atoms with Crippen LogP contribution in [0, 0.1) is 0 Å². The zero-order valence-corrected chi connectivity index (χ0v) is 6.09. The SMILES string of the molecule is O=C(O)c1ccsc1C(=O)O.[KH]. The molecule has 0 saturated carbocycles. The van der Waals surface area contributed by atoms with E-state index in [9.17, 15) is 9.59 Å². The molecule has 0 aliphatic heterocycles. The van der Waals surface area contributed by atoms with Crippen molar-refractivity contribution in [2.45, 2.75) is 0 Å². The summed E-state index contributed by atoms with van der Waals surface area (Å²) in [6.45, 7) is 0. The summed E-state index contributed by atoms with van der Waals surface area (Å²) in [6.07, 6.45) is 0. The molecule has 0 amide bonds. The van der Waals surface area contributed by atoms with E-state index in [4.69, 9.17) is 10.2 Å². The summed E-state index contributed by atoms with van der Waals surface area (Å²) < 4.78 is 0. The minimum atomic E-state index is -1.20. The zero-order valence-electron chi connectivity index (χ0n) is 5.27. The van der Waals surface area contributed by atoms with E-state index < -0.39 is 11.9 Å². The van der Waals surface area contributed by atoms with Gasteiger partial charge in [-0.1, -0.05) is 0 Å². The van der Waals surface area contributed by atoms with Crippen LogP contribution in [0.15, 0.2) is 11.4 Å². The molecule has 0 atom stereocenters. The summed E-state index contributed by atoms with van der Waals surface area (Å²) in [6, 6.07) is 1.27. The Morgan fingerprint density at radius 3 is 2.17 bits per heavy atom. The maximum atomic E-state index is 10.3. The number of carboxylic acid groups (broad SMARTS) is 2. The number of thiophene rings is 1. The fourth-order valence-electron chi connectivity index (χ4n) is 0.643. The fourth-order valence-corrected chi connectivity index (χ4v) is 1.37.